The SMILES string of the molecule is Cn1ccn([B-](n2ccn(C)c2=[Se])n2ccn(C)c2=[Se])c1=[Se]. The van der Waals surface area contributed by atoms with Crippen molar-refractivity contribution in [2.24, 2.45) is 21.1 Å². The van der Waals surface area contributed by atoms with Crippen LogP contribution in [0.3, 0.4) is 0 Å². The van der Waals surface area contributed by atoms with Crippen LogP contribution in [-0.2, 0) is 21.1 Å². The Morgan fingerprint density at radius 3 is 1.05 bits per heavy atom. The fraction of sp³-hybridized carbons (Fsp3) is 0.250. The van der Waals surface area contributed by atoms with Crippen molar-refractivity contribution >= 4 is 53.8 Å². The summed E-state index contributed by atoms with van der Waals surface area (Å²) < 4.78 is 15.9. The maximum atomic E-state index is 3.16. The number of hydrogen-bond donors (Lipinski definition) is 0. The van der Waals surface area contributed by atoms with Gasteiger partial charge in [0.25, 0.3) is 0 Å². The molecular formula is C12H15BN6Se3-. The molecule has 0 aliphatic rings. The van der Waals surface area contributed by atoms with Crippen molar-refractivity contribution in [3.8, 4) is 0 Å². The standard InChI is InChI=1S/C12H15BN6Se3/c1-14-4-7-17(10(14)20)13(18-8-5-15(2)11(18)21)19-9-6-16(3)12(19)22/h4-9H,1-3H3/q-1. The molecular weight excluding hydrogens is 476 g/mol. The van der Waals surface area contributed by atoms with E-state index in [1.54, 1.807) is 0 Å². The van der Waals surface area contributed by atoms with Crippen LogP contribution in [0.1, 0.15) is 0 Å². The van der Waals surface area contributed by atoms with Gasteiger partial charge in [-0.05, 0) is 0 Å². The van der Waals surface area contributed by atoms with Gasteiger partial charge in [-0.25, -0.2) is 0 Å². The summed E-state index contributed by atoms with van der Waals surface area (Å²) in [5, 5.41) is 0. The van der Waals surface area contributed by atoms with Gasteiger partial charge in [0.15, 0.2) is 0 Å². The summed E-state index contributed by atoms with van der Waals surface area (Å²) in [5.74, 6) is 0. The molecule has 0 amide bonds. The molecule has 0 bridgehead atoms. The van der Waals surface area contributed by atoms with Gasteiger partial charge in [-0.2, -0.15) is 0 Å². The Balaban J connectivity index is 2.33. The molecule has 0 aliphatic carbocycles. The Bertz CT molecular complexity index is 868. The molecule has 3 aromatic heterocycles. The molecule has 6 nitrogen and oxygen atoms in total. The first kappa shape index (κ1) is 16.1. The van der Waals surface area contributed by atoms with Crippen LogP contribution < -0.4 is 0 Å². The van der Waals surface area contributed by atoms with Crippen molar-refractivity contribution in [3.63, 3.8) is 0 Å². The molecule has 3 aromatic rings. The van der Waals surface area contributed by atoms with Crippen LogP contribution in [0.25, 0.3) is 0 Å². The summed E-state index contributed by atoms with van der Waals surface area (Å²) in [6.07, 6.45) is 12.4. The molecule has 0 N–H and O–H groups in total. The second-order valence-corrected chi connectivity index (χ2v) is 7.44. The Morgan fingerprint density at radius 2 is 0.864 bits per heavy atom. The number of hydrogen-bond acceptors (Lipinski definition) is 0. The average molecular weight is 491 g/mol. The van der Waals surface area contributed by atoms with Gasteiger partial charge in [-0.1, -0.05) is 0 Å². The molecule has 0 unspecified atom stereocenters. The second kappa shape index (κ2) is 6.04. The zero-order valence-electron chi connectivity index (χ0n) is 12.4. The van der Waals surface area contributed by atoms with E-state index < -0.39 is 0 Å². The number of aryl methyl sites for hydroxylation is 3. The van der Waals surface area contributed by atoms with Crippen LogP contribution >= 0.6 is 0 Å². The topological polar surface area (TPSA) is 29.6 Å². The number of aromatic nitrogens is 6. The van der Waals surface area contributed by atoms with E-state index in [1.165, 1.54) is 0 Å². The minimum atomic E-state index is -0.0488. The quantitative estimate of drug-likeness (QED) is 0.428. The van der Waals surface area contributed by atoms with Crippen molar-refractivity contribution in [2.45, 2.75) is 0 Å². The molecule has 22 heavy (non-hydrogen) atoms. The first-order valence-corrected chi connectivity index (χ1v) is 9.19. The van der Waals surface area contributed by atoms with Crippen molar-refractivity contribution in [2.75, 3.05) is 0 Å². The van der Waals surface area contributed by atoms with Gasteiger partial charge in [0.2, 0.25) is 0 Å². The molecule has 0 aromatic carbocycles. The van der Waals surface area contributed by atoms with Gasteiger partial charge in [-0.3, -0.25) is 0 Å². The summed E-state index contributed by atoms with van der Waals surface area (Å²) in [6, 6.07) is 0. The van der Waals surface area contributed by atoms with Gasteiger partial charge in [0, 0.05) is 0 Å². The molecule has 0 atom stereocenters. The molecule has 0 fully saturated rings. The molecule has 0 spiro atoms. The van der Waals surface area contributed by atoms with Crippen LogP contribution in [0, 0.1) is 13.0 Å². The average Bonchev–Trinajstić information content (AvgIpc) is 3.10. The van der Waals surface area contributed by atoms with Gasteiger partial charge < -0.3 is 0 Å². The first-order valence-electron chi connectivity index (χ1n) is 6.62. The van der Waals surface area contributed by atoms with E-state index in [0.717, 1.165) is 13.0 Å². The number of imidazole rings is 3. The Morgan fingerprint density at radius 1 is 0.591 bits per heavy atom. The van der Waals surface area contributed by atoms with Crippen LogP contribution in [-0.4, -0.2) is 81.0 Å². The molecule has 115 valence electrons. The third-order valence-electron chi connectivity index (χ3n) is 3.67. The van der Waals surface area contributed by atoms with Gasteiger partial charge in [0.05, 0.1) is 0 Å². The Labute approximate surface area is 151 Å². The van der Waals surface area contributed by atoms with E-state index in [2.05, 4.69) is 92.5 Å². The van der Waals surface area contributed by atoms with Gasteiger partial charge in [0.1, 0.15) is 0 Å². The second-order valence-electron chi connectivity index (χ2n) is 5.14. The molecule has 0 saturated heterocycles. The molecule has 0 aliphatic heterocycles. The first-order chi connectivity index (χ1) is 10.4. The van der Waals surface area contributed by atoms with E-state index in [-0.39, 0.29) is 7.12 Å². The molecule has 3 heterocycles. The fourth-order valence-corrected chi connectivity index (χ4v) is 3.73. The van der Waals surface area contributed by atoms with E-state index in [9.17, 15) is 0 Å². The maximum absolute atomic E-state index is 3.16. The van der Waals surface area contributed by atoms with Crippen LogP contribution in [0.5, 0.6) is 0 Å². The van der Waals surface area contributed by atoms with E-state index in [4.69, 9.17) is 0 Å². The zero-order valence-corrected chi connectivity index (χ0v) is 17.6. The fourth-order valence-electron chi connectivity index (χ4n) is 2.37. The Kier molecular flexibility index (Phi) is 4.43. The summed E-state index contributed by atoms with van der Waals surface area (Å²) in [6.45, 7) is 0. The molecule has 3 rings (SSSR count). The summed E-state index contributed by atoms with van der Waals surface area (Å²) >= 11 is 9.47. The summed E-state index contributed by atoms with van der Waals surface area (Å²) in [5.41, 5.74) is 0. The monoisotopic (exact) mass is 494 g/mol. The van der Waals surface area contributed by atoms with Crippen molar-refractivity contribution in [3.05, 3.63) is 50.2 Å². The van der Waals surface area contributed by atoms with Gasteiger partial charge >= 0.3 is 152 Å². The van der Waals surface area contributed by atoms with Crippen molar-refractivity contribution in [1.82, 2.24) is 27.1 Å². The number of rotatable bonds is 3. The van der Waals surface area contributed by atoms with Crippen molar-refractivity contribution in [1.29, 1.82) is 0 Å². The van der Waals surface area contributed by atoms with E-state index in [0.29, 0.717) is 0 Å². The van der Waals surface area contributed by atoms with E-state index in [1.807, 2.05) is 39.7 Å². The predicted octanol–water partition coefficient (Wildman–Crippen LogP) is -0.862. The molecule has 10 heteroatoms. The predicted molar refractivity (Wildman–Crippen MR) is 89.1 cm³/mol. The van der Waals surface area contributed by atoms with Crippen molar-refractivity contribution < 1.29 is 0 Å². The third-order valence-corrected chi connectivity index (χ3v) is 6.81. The number of nitrogens with zero attached hydrogens (tertiary/aromatic N) is 6. The zero-order chi connectivity index (χ0) is 16.0. The summed E-state index contributed by atoms with van der Waals surface area (Å²) in [7, 11) is 6.04. The van der Waals surface area contributed by atoms with Gasteiger partial charge in [-0.15, -0.1) is 0 Å². The van der Waals surface area contributed by atoms with Crippen LogP contribution in [0.15, 0.2) is 37.2 Å². The van der Waals surface area contributed by atoms with Crippen LogP contribution in [0.2, 0.25) is 0 Å². The normalized spacial score (nSPS) is 11.5. The Hall–Kier alpha value is -0.747. The third kappa shape index (κ3) is 2.54. The molecule has 1 radical (unpaired) electrons. The van der Waals surface area contributed by atoms with E-state index >= 15 is 0 Å². The summed E-state index contributed by atoms with van der Waals surface area (Å²) in [4.78, 5) is 0. The minimum absolute atomic E-state index is 0.0488. The molecule has 0 saturated carbocycles. The van der Waals surface area contributed by atoms with Crippen LogP contribution in [0.4, 0.5) is 0 Å².